The maximum atomic E-state index is 12.0. The van der Waals surface area contributed by atoms with Gasteiger partial charge in [-0.15, -0.1) is 11.8 Å². The number of alkyl carbamates (subject to hydrolysis) is 1. The van der Waals surface area contributed by atoms with E-state index in [-0.39, 0.29) is 6.09 Å². The van der Waals surface area contributed by atoms with Crippen molar-refractivity contribution in [1.82, 2.24) is 10.3 Å². The molecule has 1 aromatic carbocycles. The summed E-state index contributed by atoms with van der Waals surface area (Å²) in [6, 6.07) is 9.96. The van der Waals surface area contributed by atoms with Gasteiger partial charge in [0.2, 0.25) is 0 Å². The van der Waals surface area contributed by atoms with E-state index in [2.05, 4.69) is 17.2 Å². The zero-order valence-electron chi connectivity index (χ0n) is 24.3. The molecule has 3 rings (SSSR count). The normalized spacial score (nSPS) is 16.6. The van der Waals surface area contributed by atoms with Gasteiger partial charge in [0.15, 0.2) is 0 Å². The number of rotatable bonds is 22. The molecule has 6 heteroatoms. The Hall–Kier alpha value is -1.95. The molecule has 1 saturated heterocycles. The molecule has 1 N–H and O–H groups in total. The Morgan fingerprint density at radius 1 is 0.821 bits per heavy atom. The maximum Gasteiger partial charge on any atom is 0.407 e. The number of carbonyl (C=O) groups excluding carboxylic acids is 1. The van der Waals surface area contributed by atoms with Crippen molar-refractivity contribution in [3.63, 3.8) is 0 Å². The Balaban J connectivity index is 1.05. The zero-order valence-corrected chi connectivity index (χ0v) is 25.2. The Kier molecular flexibility index (Phi) is 16.2. The third kappa shape index (κ3) is 13.3. The van der Waals surface area contributed by atoms with Crippen molar-refractivity contribution in [2.24, 2.45) is 0 Å². The first-order valence-corrected chi connectivity index (χ1v) is 16.7. The Bertz CT molecular complexity index is 913. The molecule has 1 fully saturated rings. The Labute approximate surface area is 241 Å². The quantitative estimate of drug-likeness (QED) is 0.146. The number of fused-ring (bicyclic) bond motifs is 1. The second-order valence-corrected chi connectivity index (χ2v) is 12.7. The van der Waals surface area contributed by atoms with Crippen LogP contribution in [0, 0.1) is 0 Å². The van der Waals surface area contributed by atoms with Gasteiger partial charge in [0.1, 0.15) is 19.0 Å². The van der Waals surface area contributed by atoms with E-state index in [0.29, 0.717) is 30.3 Å². The summed E-state index contributed by atoms with van der Waals surface area (Å²) in [6.07, 6.45) is 24.3. The van der Waals surface area contributed by atoms with Crippen LogP contribution in [-0.4, -0.2) is 41.3 Å². The largest absolute Gasteiger partial charge is 0.492 e. The van der Waals surface area contributed by atoms with Crippen LogP contribution < -0.4 is 10.1 Å². The highest BCUT2D eigenvalue weighted by molar-refractivity contribution is 8.01. The summed E-state index contributed by atoms with van der Waals surface area (Å²) in [5.74, 6) is 0.884. The first kappa shape index (κ1) is 31.6. The summed E-state index contributed by atoms with van der Waals surface area (Å²) in [6.45, 7) is 4.14. The van der Waals surface area contributed by atoms with Crippen LogP contribution in [0.2, 0.25) is 0 Å². The van der Waals surface area contributed by atoms with Crippen molar-refractivity contribution in [2.45, 2.75) is 127 Å². The predicted octanol–water partition coefficient (Wildman–Crippen LogP) is 9.48. The van der Waals surface area contributed by atoms with Gasteiger partial charge in [-0.2, -0.15) is 0 Å². The van der Waals surface area contributed by atoms with Crippen molar-refractivity contribution in [3.05, 3.63) is 36.5 Å². The van der Waals surface area contributed by atoms with E-state index in [9.17, 15) is 4.79 Å². The molecule has 39 heavy (non-hydrogen) atoms. The molecule has 0 bridgehead atoms. The number of benzene rings is 1. The molecule has 1 aliphatic rings. The fraction of sp³-hybridized carbons (Fsp3) is 0.697. The number of thioether (sulfide) groups is 1. The second kappa shape index (κ2) is 20.0. The summed E-state index contributed by atoms with van der Waals surface area (Å²) in [5, 5.41) is 4.77. The third-order valence-corrected chi connectivity index (χ3v) is 9.07. The van der Waals surface area contributed by atoms with Crippen LogP contribution in [-0.2, 0) is 4.74 Å². The highest BCUT2D eigenvalue weighted by Crippen LogP contribution is 2.37. The van der Waals surface area contributed by atoms with Gasteiger partial charge in [0.05, 0.1) is 5.52 Å². The van der Waals surface area contributed by atoms with Crippen molar-refractivity contribution in [1.29, 1.82) is 0 Å². The number of hydrogen-bond acceptors (Lipinski definition) is 5. The predicted molar refractivity (Wildman–Crippen MR) is 166 cm³/mol. The molecule has 0 spiro atoms. The molecule has 2 heterocycles. The number of para-hydroxylation sites is 1. The van der Waals surface area contributed by atoms with Gasteiger partial charge in [0.25, 0.3) is 0 Å². The summed E-state index contributed by atoms with van der Waals surface area (Å²) < 4.78 is 11.5. The van der Waals surface area contributed by atoms with Crippen LogP contribution in [0.1, 0.15) is 116 Å². The van der Waals surface area contributed by atoms with E-state index in [4.69, 9.17) is 9.47 Å². The summed E-state index contributed by atoms with van der Waals surface area (Å²) in [4.78, 5) is 16.4. The van der Waals surface area contributed by atoms with Crippen LogP contribution in [0.3, 0.4) is 0 Å². The Morgan fingerprint density at radius 3 is 2.03 bits per heavy atom. The average molecular weight is 557 g/mol. The number of carbonyl (C=O) groups is 1. The molecule has 1 aromatic heterocycles. The second-order valence-electron chi connectivity index (χ2n) is 11.1. The highest BCUT2D eigenvalue weighted by Gasteiger charge is 2.31. The van der Waals surface area contributed by atoms with Crippen molar-refractivity contribution in [2.75, 3.05) is 19.8 Å². The number of nitrogens with one attached hydrogen (secondary N) is 1. The lowest BCUT2D eigenvalue weighted by Gasteiger charge is -2.34. The zero-order chi connectivity index (χ0) is 27.4. The molecule has 1 amide bonds. The van der Waals surface area contributed by atoms with E-state index in [1.165, 1.54) is 96.3 Å². The van der Waals surface area contributed by atoms with Crippen LogP contribution >= 0.6 is 11.8 Å². The smallest absolute Gasteiger partial charge is 0.407 e. The number of hydrogen-bond donors (Lipinski definition) is 1. The fourth-order valence-corrected chi connectivity index (χ4v) is 6.40. The molecule has 2 atom stereocenters. The van der Waals surface area contributed by atoms with E-state index in [1.807, 2.05) is 42.1 Å². The van der Waals surface area contributed by atoms with Gasteiger partial charge < -0.3 is 14.8 Å². The van der Waals surface area contributed by atoms with Crippen molar-refractivity contribution in [3.8, 4) is 5.75 Å². The Morgan fingerprint density at radius 2 is 1.38 bits per heavy atom. The number of nitrogens with zero attached hydrogens (tertiary/aromatic N) is 1. The standard InChI is InChI=1S/C33H52N2O3S/c1-2-3-4-5-6-7-8-9-10-11-12-13-14-15-16-19-23-35-33(36)38-27-29-25-28(39-29)26-37-32-22-24-34-31-21-18-17-20-30(31)32/h17-18,20-22,24,28-29H,2-16,19,23,25-27H2,1H3,(H,35,36). The molecule has 2 unspecified atom stereocenters. The number of amides is 1. The molecule has 5 nitrogen and oxygen atoms in total. The van der Waals surface area contributed by atoms with Gasteiger partial charge in [-0.3, -0.25) is 4.98 Å². The molecular formula is C33H52N2O3S. The summed E-state index contributed by atoms with van der Waals surface area (Å²) in [7, 11) is 0. The molecular weight excluding hydrogens is 504 g/mol. The molecule has 0 radical (unpaired) electrons. The van der Waals surface area contributed by atoms with E-state index in [0.717, 1.165) is 29.5 Å². The molecule has 1 aliphatic heterocycles. The van der Waals surface area contributed by atoms with Gasteiger partial charge in [-0.25, -0.2) is 4.79 Å². The van der Waals surface area contributed by atoms with E-state index in [1.54, 1.807) is 6.20 Å². The monoisotopic (exact) mass is 556 g/mol. The molecule has 0 aliphatic carbocycles. The number of pyridine rings is 1. The number of aromatic nitrogens is 1. The minimum Gasteiger partial charge on any atom is -0.492 e. The van der Waals surface area contributed by atoms with Gasteiger partial charge in [-0.05, 0) is 31.0 Å². The molecule has 2 aromatic rings. The van der Waals surface area contributed by atoms with Gasteiger partial charge >= 0.3 is 6.09 Å². The topological polar surface area (TPSA) is 60.5 Å². The highest BCUT2D eigenvalue weighted by atomic mass is 32.2. The van der Waals surface area contributed by atoms with Crippen molar-refractivity contribution < 1.29 is 14.3 Å². The summed E-state index contributed by atoms with van der Waals surface area (Å²) in [5.41, 5.74) is 0.952. The molecule has 0 saturated carbocycles. The van der Waals surface area contributed by atoms with Gasteiger partial charge in [0, 0.05) is 28.6 Å². The average Bonchev–Trinajstić information content (AvgIpc) is 2.93. The first-order chi connectivity index (χ1) is 19.3. The molecule has 218 valence electrons. The van der Waals surface area contributed by atoms with Crippen LogP contribution in [0.25, 0.3) is 10.9 Å². The lowest BCUT2D eigenvalue weighted by atomic mass is 10.0. The number of unbranched alkanes of at least 4 members (excludes halogenated alkanes) is 15. The fourth-order valence-electron chi connectivity index (χ4n) is 5.23. The first-order valence-electron chi connectivity index (χ1n) is 15.8. The van der Waals surface area contributed by atoms with Crippen LogP contribution in [0.4, 0.5) is 4.79 Å². The van der Waals surface area contributed by atoms with E-state index < -0.39 is 0 Å². The van der Waals surface area contributed by atoms with Crippen LogP contribution in [0.5, 0.6) is 5.75 Å². The minimum atomic E-state index is -0.278. The number of ether oxygens (including phenoxy) is 2. The van der Waals surface area contributed by atoms with E-state index >= 15 is 0 Å². The lowest BCUT2D eigenvalue weighted by molar-refractivity contribution is 0.143. The van der Waals surface area contributed by atoms with Gasteiger partial charge in [-0.1, -0.05) is 115 Å². The maximum absolute atomic E-state index is 12.0. The SMILES string of the molecule is CCCCCCCCCCCCCCCCCCNC(=O)OCC1CC(COc2ccnc3ccccc23)S1. The summed E-state index contributed by atoms with van der Waals surface area (Å²) >= 11 is 1.85. The van der Waals surface area contributed by atoms with Crippen LogP contribution in [0.15, 0.2) is 36.5 Å². The minimum absolute atomic E-state index is 0.278. The third-order valence-electron chi connectivity index (χ3n) is 7.64. The van der Waals surface area contributed by atoms with Crippen molar-refractivity contribution >= 4 is 28.8 Å². The lowest BCUT2D eigenvalue weighted by Crippen LogP contribution is -2.36.